The second-order valence-corrected chi connectivity index (χ2v) is 6.80. The Hall–Kier alpha value is -0.970. The first-order chi connectivity index (χ1) is 10.0. The average molecular weight is 327 g/mol. The molecule has 1 unspecified atom stereocenters. The topological polar surface area (TPSA) is 24.9 Å². The maximum absolute atomic E-state index is 14.0. The van der Waals surface area contributed by atoms with Gasteiger partial charge in [-0.15, -0.1) is 11.3 Å². The highest BCUT2D eigenvalue weighted by atomic mass is 35.5. The molecule has 0 fully saturated rings. The summed E-state index contributed by atoms with van der Waals surface area (Å²) in [7, 11) is 0. The fourth-order valence-electron chi connectivity index (χ4n) is 2.37. The predicted molar refractivity (Wildman–Crippen MR) is 87.7 cm³/mol. The van der Waals surface area contributed by atoms with Crippen molar-refractivity contribution in [3.05, 3.63) is 50.2 Å². The number of hydrogen-bond donors (Lipinski definition) is 1. The molecule has 0 spiro atoms. The van der Waals surface area contributed by atoms with Crippen LogP contribution in [-0.4, -0.2) is 11.5 Å². The van der Waals surface area contributed by atoms with E-state index in [1.807, 2.05) is 13.8 Å². The summed E-state index contributed by atoms with van der Waals surface area (Å²) in [5, 5.41) is 5.10. The normalized spacial score (nSPS) is 12.6. The van der Waals surface area contributed by atoms with Gasteiger partial charge in [0.25, 0.3) is 0 Å². The third-order valence-electron chi connectivity index (χ3n) is 3.33. The van der Waals surface area contributed by atoms with Gasteiger partial charge in [-0.2, -0.15) is 0 Å². The molecule has 0 saturated carbocycles. The Morgan fingerprint density at radius 1 is 1.38 bits per heavy atom. The van der Waals surface area contributed by atoms with E-state index in [9.17, 15) is 4.39 Å². The number of halogens is 2. The van der Waals surface area contributed by atoms with Crippen LogP contribution in [0.3, 0.4) is 0 Å². The highest BCUT2D eigenvalue weighted by Crippen LogP contribution is 2.29. The second-order valence-electron chi connectivity index (χ2n) is 5.13. The van der Waals surface area contributed by atoms with Crippen LogP contribution >= 0.6 is 22.9 Å². The lowest BCUT2D eigenvalue weighted by atomic mass is 10.0. The summed E-state index contributed by atoms with van der Waals surface area (Å²) in [5.41, 5.74) is 1.66. The highest BCUT2D eigenvalue weighted by Gasteiger charge is 2.19. The van der Waals surface area contributed by atoms with E-state index in [0.717, 1.165) is 23.7 Å². The van der Waals surface area contributed by atoms with Gasteiger partial charge >= 0.3 is 0 Å². The first-order valence-electron chi connectivity index (χ1n) is 7.12. The van der Waals surface area contributed by atoms with Crippen molar-refractivity contribution in [2.45, 2.75) is 39.7 Å². The van der Waals surface area contributed by atoms with Crippen LogP contribution in [0, 0.1) is 19.7 Å². The van der Waals surface area contributed by atoms with Crippen molar-refractivity contribution in [2.24, 2.45) is 0 Å². The van der Waals surface area contributed by atoms with Gasteiger partial charge in [-0.3, -0.25) is 0 Å². The summed E-state index contributed by atoms with van der Waals surface area (Å²) >= 11 is 7.66. The summed E-state index contributed by atoms with van der Waals surface area (Å²) in [4.78, 5) is 5.66. The van der Waals surface area contributed by atoms with Crippen LogP contribution < -0.4 is 5.32 Å². The Balaban J connectivity index is 2.28. The second kappa shape index (κ2) is 7.34. The molecule has 5 heteroatoms. The predicted octanol–water partition coefficient (Wildman–Crippen LogP) is 4.84. The fraction of sp³-hybridized carbons (Fsp3) is 0.438. The van der Waals surface area contributed by atoms with Gasteiger partial charge in [-0.25, -0.2) is 9.37 Å². The first kappa shape index (κ1) is 16.4. The number of hydrogen-bond acceptors (Lipinski definition) is 3. The van der Waals surface area contributed by atoms with Gasteiger partial charge in [-0.05, 0) is 57.0 Å². The minimum atomic E-state index is -0.207. The van der Waals surface area contributed by atoms with Crippen molar-refractivity contribution >= 4 is 22.9 Å². The summed E-state index contributed by atoms with van der Waals surface area (Å²) < 4.78 is 14.0. The van der Waals surface area contributed by atoms with Gasteiger partial charge < -0.3 is 5.32 Å². The van der Waals surface area contributed by atoms with Gasteiger partial charge in [0.2, 0.25) is 0 Å². The number of nitrogens with one attached hydrogen (secondary N) is 1. The summed E-state index contributed by atoms with van der Waals surface area (Å²) in [6, 6.07) is 4.79. The van der Waals surface area contributed by atoms with E-state index in [2.05, 4.69) is 17.2 Å². The summed E-state index contributed by atoms with van der Waals surface area (Å²) in [5.74, 6) is -0.207. The molecule has 2 nitrogen and oxygen atoms in total. The lowest BCUT2D eigenvalue weighted by molar-refractivity contribution is 0.517. The molecule has 0 aliphatic carbocycles. The quantitative estimate of drug-likeness (QED) is 0.822. The van der Waals surface area contributed by atoms with Crippen LogP contribution in [0.4, 0.5) is 4.39 Å². The van der Waals surface area contributed by atoms with Crippen LogP contribution in [-0.2, 0) is 6.42 Å². The van der Waals surface area contributed by atoms with Crippen molar-refractivity contribution in [1.82, 2.24) is 10.3 Å². The summed E-state index contributed by atoms with van der Waals surface area (Å²) in [6.07, 6.45) is 1.61. The molecule has 21 heavy (non-hydrogen) atoms. The van der Waals surface area contributed by atoms with Gasteiger partial charge in [0.1, 0.15) is 5.82 Å². The molecular formula is C16H20ClFN2S. The maximum atomic E-state index is 14.0. The molecule has 1 atom stereocenters. The number of aromatic nitrogens is 1. The Morgan fingerprint density at radius 2 is 2.14 bits per heavy atom. The van der Waals surface area contributed by atoms with Crippen LogP contribution in [0.25, 0.3) is 0 Å². The van der Waals surface area contributed by atoms with Crippen LogP contribution in [0.2, 0.25) is 5.02 Å². The molecule has 1 N–H and O–H groups in total. The third-order valence-corrected chi connectivity index (χ3v) is 4.75. The van der Waals surface area contributed by atoms with Crippen molar-refractivity contribution in [3.8, 4) is 0 Å². The molecular weight excluding hydrogens is 307 g/mol. The molecule has 0 aliphatic heterocycles. The highest BCUT2D eigenvalue weighted by molar-refractivity contribution is 7.11. The Kier molecular flexibility index (Phi) is 5.73. The third kappa shape index (κ3) is 4.25. The zero-order valence-corrected chi connectivity index (χ0v) is 14.1. The minimum Gasteiger partial charge on any atom is -0.309 e. The van der Waals surface area contributed by atoms with Crippen molar-refractivity contribution in [1.29, 1.82) is 0 Å². The molecule has 0 bridgehead atoms. The number of rotatable bonds is 6. The van der Waals surface area contributed by atoms with Gasteiger partial charge in [0, 0.05) is 15.9 Å². The van der Waals surface area contributed by atoms with Crippen molar-refractivity contribution < 1.29 is 4.39 Å². The number of nitrogens with zero attached hydrogens (tertiary/aromatic N) is 1. The van der Waals surface area contributed by atoms with Crippen LogP contribution in [0.5, 0.6) is 0 Å². The lowest BCUT2D eigenvalue weighted by Gasteiger charge is -2.18. The van der Waals surface area contributed by atoms with E-state index < -0.39 is 0 Å². The minimum absolute atomic E-state index is 0.0733. The molecule has 1 heterocycles. The largest absolute Gasteiger partial charge is 0.309 e. The zero-order chi connectivity index (χ0) is 15.4. The summed E-state index contributed by atoms with van der Waals surface area (Å²) in [6.45, 7) is 7.02. The maximum Gasteiger partial charge on any atom is 0.126 e. The molecule has 114 valence electrons. The van der Waals surface area contributed by atoms with E-state index in [4.69, 9.17) is 11.6 Å². The molecule has 0 aliphatic rings. The monoisotopic (exact) mass is 326 g/mol. The smallest absolute Gasteiger partial charge is 0.126 e. The molecule has 1 aromatic heterocycles. The molecule has 2 rings (SSSR count). The number of aryl methyl sites for hydroxylation is 2. The Morgan fingerprint density at radius 3 is 2.76 bits per heavy atom. The van der Waals surface area contributed by atoms with Gasteiger partial charge in [-0.1, -0.05) is 18.5 Å². The zero-order valence-electron chi connectivity index (χ0n) is 12.5. The SMILES string of the molecule is CCCNC(Cc1cc(Cl)ccc1F)c1sc(C)nc1C. The standard InChI is InChI=1S/C16H20ClFN2S/c1-4-7-19-15(16-10(2)20-11(3)21-16)9-12-8-13(17)5-6-14(12)18/h5-6,8,15,19H,4,7,9H2,1-3H3. The Bertz CT molecular complexity index is 612. The molecule has 2 aromatic rings. The van der Waals surface area contributed by atoms with E-state index in [0.29, 0.717) is 17.0 Å². The lowest BCUT2D eigenvalue weighted by Crippen LogP contribution is -2.24. The molecule has 1 aromatic carbocycles. The van der Waals surface area contributed by atoms with Crippen molar-refractivity contribution in [2.75, 3.05) is 6.54 Å². The fourth-order valence-corrected chi connectivity index (χ4v) is 3.56. The van der Waals surface area contributed by atoms with E-state index in [1.165, 1.54) is 10.9 Å². The van der Waals surface area contributed by atoms with Crippen LogP contribution in [0.15, 0.2) is 18.2 Å². The van der Waals surface area contributed by atoms with Crippen LogP contribution in [0.1, 0.15) is 40.5 Å². The van der Waals surface area contributed by atoms with E-state index in [1.54, 1.807) is 23.5 Å². The number of thiazole rings is 1. The molecule has 0 saturated heterocycles. The van der Waals surface area contributed by atoms with E-state index in [-0.39, 0.29) is 11.9 Å². The molecule has 0 amide bonds. The van der Waals surface area contributed by atoms with Crippen molar-refractivity contribution in [3.63, 3.8) is 0 Å². The average Bonchev–Trinajstić information content (AvgIpc) is 2.77. The Labute approximate surface area is 134 Å². The number of benzene rings is 1. The first-order valence-corrected chi connectivity index (χ1v) is 8.32. The van der Waals surface area contributed by atoms with E-state index >= 15 is 0 Å². The molecule has 0 radical (unpaired) electrons. The van der Waals surface area contributed by atoms with Gasteiger partial charge in [0.05, 0.1) is 10.7 Å². The van der Waals surface area contributed by atoms with Gasteiger partial charge in [0.15, 0.2) is 0 Å².